The first-order valence-corrected chi connectivity index (χ1v) is 9.20. The van der Waals surface area contributed by atoms with Crippen molar-refractivity contribution in [1.82, 2.24) is 15.5 Å². The lowest BCUT2D eigenvalue weighted by Crippen LogP contribution is -2.26. The number of carbonyl (C=O) groups is 1. The lowest BCUT2D eigenvalue weighted by Gasteiger charge is -2.11. The number of rotatable bonds is 7. The highest BCUT2D eigenvalue weighted by atomic mass is 16.5. The number of hydrogen-bond donors (Lipinski definition) is 1. The highest BCUT2D eigenvalue weighted by molar-refractivity contribution is 6.06. The molecule has 0 spiro atoms. The van der Waals surface area contributed by atoms with Gasteiger partial charge in [-0.3, -0.25) is 4.79 Å². The summed E-state index contributed by atoms with van der Waals surface area (Å²) in [5.41, 5.74) is 3.44. The van der Waals surface area contributed by atoms with Gasteiger partial charge in [-0.2, -0.15) is 0 Å². The van der Waals surface area contributed by atoms with Gasteiger partial charge in [0.2, 0.25) is 0 Å². The van der Waals surface area contributed by atoms with Crippen LogP contribution in [-0.4, -0.2) is 36.8 Å². The van der Waals surface area contributed by atoms with E-state index in [1.165, 1.54) is 0 Å². The monoisotopic (exact) mass is 383 g/mol. The number of pyridine rings is 1. The summed E-state index contributed by atoms with van der Waals surface area (Å²) in [4.78, 5) is 17.3. The number of aryl methyl sites for hydroxylation is 1. The van der Waals surface area contributed by atoms with Crippen molar-refractivity contribution in [2.75, 3.05) is 20.8 Å². The second kappa shape index (κ2) is 8.29. The molecule has 0 aliphatic heterocycles. The molecule has 0 saturated carbocycles. The normalized spacial score (nSPS) is 11.1. The molecule has 0 bridgehead atoms. The second-order valence-corrected chi connectivity index (χ2v) is 6.89. The molecule has 0 unspecified atom stereocenters. The molecule has 1 amide bonds. The molecule has 1 N–H and O–H groups in total. The summed E-state index contributed by atoms with van der Waals surface area (Å²) >= 11 is 0. The van der Waals surface area contributed by atoms with Gasteiger partial charge in [-0.25, -0.2) is 4.98 Å². The van der Waals surface area contributed by atoms with Gasteiger partial charge in [0.25, 0.3) is 11.6 Å². The highest BCUT2D eigenvalue weighted by Gasteiger charge is 2.19. The quantitative estimate of drug-likeness (QED) is 0.670. The molecule has 7 heteroatoms. The Morgan fingerprint density at radius 3 is 2.61 bits per heavy atom. The van der Waals surface area contributed by atoms with Crippen molar-refractivity contribution in [1.29, 1.82) is 0 Å². The van der Waals surface area contributed by atoms with Crippen LogP contribution in [0.2, 0.25) is 0 Å². The number of hydrogen-bond acceptors (Lipinski definition) is 6. The van der Waals surface area contributed by atoms with Gasteiger partial charge in [0.15, 0.2) is 11.5 Å². The van der Waals surface area contributed by atoms with E-state index in [0.717, 1.165) is 11.3 Å². The Morgan fingerprint density at radius 1 is 1.18 bits per heavy atom. The van der Waals surface area contributed by atoms with Gasteiger partial charge in [0.05, 0.1) is 30.9 Å². The van der Waals surface area contributed by atoms with Gasteiger partial charge >= 0.3 is 0 Å². The molecule has 2 aromatic heterocycles. The topological polar surface area (TPSA) is 86.5 Å². The van der Waals surface area contributed by atoms with Gasteiger partial charge in [0, 0.05) is 12.2 Å². The van der Waals surface area contributed by atoms with Gasteiger partial charge < -0.3 is 19.3 Å². The number of fused-ring (bicyclic) bond motifs is 1. The van der Waals surface area contributed by atoms with E-state index in [4.69, 9.17) is 14.0 Å². The molecule has 3 rings (SSSR count). The number of methoxy groups -OCH3 is 2. The maximum absolute atomic E-state index is 12.8. The SMILES string of the molecule is COc1ccc(CCNC(=O)c2cc(C(C)C)nc3onc(C)c23)cc1OC. The number of aromatic nitrogens is 2. The minimum atomic E-state index is -0.166. The Labute approximate surface area is 164 Å². The third kappa shape index (κ3) is 3.93. The van der Waals surface area contributed by atoms with Crippen LogP contribution in [0.1, 0.15) is 47.1 Å². The molecule has 0 fully saturated rings. The van der Waals surface area contributed by atoms with Gasteiger partial charge in [-0.15, -0.1) is 0 Å². The summed E-state index contributed by atoms with van der Waals surface area (Å²) in [6.45, 7) is 6.34. The molecule has 28 heavy (non-hydrogen) atoms. The van der Waals surface area contributed by atoms with E-state index in [1.54, 1.807) is 14.2 Å². The van der Waals surface area contributed by atoms with Crippen molar-refractivity contribution in [3.05, 3.63) is 46.8 Å². The van der Waals surface area contributed by atoms with Crippen LogP contribution in [0.3, 0.4) is 0 Å². The number of ether oxygens (including phenoxy) is 2. The van der Waals surface area contributed by atoms with E-state index >= 15 is 0 Å². The molecule has 148 valence electrons. The lowest BCUT2D eigenvalue weighted by molar-refractivity contribution is 0.0955. The van der Waals surface area contributed by atoms with Crippen LogP contribution in [0.5, 0.6) is 11.5 Å². The van der Waals surface area contributed by atoms with Gasteiger partial charge in [0.1, 0.15) is 0 Å². The fourth-order valence-corrected chi connectivity index (χ4v) is 3.04. The Kier molecular flexibility index (Phi) is 5.82. The Morgan fingerprint density at radius 2 is 1.93 bits per heavy atom. The third-order valence-corrected chi connectivity index (χ3v) is 4.62. The molecular weight excluding hydrogens is 358 g/mol. The zero-order valence-electron chi connectivity index (χ0n) is 16.8. The molecule has 0 aliphatic rings. The molecular formula is C21H25N3O4. The average Bonchev–Trinajstić information content (AvgIpc) is 3.07. The molecule has 0 atom stereocenters. The highest BCUT2D eigenvalue weighted by Crippen LogP contribution is 2.28. The van der Waals surface area contributed by atoms with Gasteiger partial charge in [-0.1, -0.05) is 25.1 Å². The third-order valence-electron chi connectivity index (χ3n) is 4.62. The Balaban J connectivity index is 1.76. The molecule has 7 nitrogen and oxygen atoms in total. The molecule has 0 radical (unpaired) electrons. The summed E-state index contributed by atoms with van der Waals surface area (Å²) in [5, 5.41) is 7.60. The minimum absolute atomic E-state index is 0.166. The van der Waals surface area contributed by atoms with Crippen molar-refractivity contribution in [2.24, 2.45) is 0 Å². The Bertz CT molecular complexity index is 995. The lowest BCUT2D eigenvalue weighted by atomic mass is 10.0. The number of amides is 1. The molecule has 0 saturated heterocycles. The van der Waals surface area contributed by atoms with Crippen LogP contribution in [0.15, 0.2) is 28.8 Å². The van der Waals surface area contributed by atoms with E-state index in [9.17, 15) is 4.79 Å². The van der Waals surface area contributed by atoms with E-state index in [1.807, 2.05) is 45.0 Å². The van der Waals surface area contributed by atoms with Crippen molar-refractivity contribution >= 4 is 17.0 Å². The Hall–Kier alpha value is -3.09. The summed E-state index contributed by atoms with van der Waals surface area (Å²) < 4.78 is 15.9. The second-order valence-electron chi connectivity index (χ2n) is 6.89. The van der Waals surface area contributed by atoms with Crippen LogP contribution >= 0.6 is 0 Å². The van der Waals surface area contributed by atoms with E-state index < -0.39 is 0 Å². The first kappa shape index (κ1) is 19.7. The van der Waals surface area contributed by atoms with E-state index in [0.29, 0.717) is 46.8 Å². The van der Waals surface area contributed by atoms with Crippen molar-refractivity contribution in [3.8, 4) is 11.5 Å². The predicted octanol–water partition coefficient (Wildman–Crippen LogP) is 3.64. The smallest absolute Gasteiger partial charge is 0.259 e. The van der Waals surface area contributed by atoms with Crippen molar-refractivity contribution in [3.63, 3.8) is 0 Å². The summed E-state index contributed by atoms with van der Waals surface area (Å²) in [5.74, 6) is 1.36. The maximum Gasteiger partial charge on any atom is 0.259 e. The van der Waals surface area contributed by atoms with E-state index in [-0.39, 0.29) is 11.8 Å². The van der Waals surface area contributed by atoms with Crippen LogP contribution in [0.4, 0.5) is 0 Å². The first-order valence-electron chi connectivity index (χ1n) is 9.20. The number of benzene rings is 1. The average molecular weight is 383 g/mol. The zero-order valence-corrected chi connectivity index (χ0v) is 16.8. The maximum atomic E-state index is 12.8. The van der Waals surface area contributed by atoms with Crippen molar-refractivity contribution in [2.45, 2.75) is 33.1 Å². The molecule has 1 aromatic carbocycles. The standard InChI is InChI=1S/C21H25N3O4/c1-12(2)16-11-15(19-13(3)24-28-21(19)23-16)20(25)22-9-8-14-6-7-17(26-4)18(10-14)27-5/h6-7,10-12H,8-9H2,1-5H3,(H,22,25). The van der Waals surface area contributed by atoms with Crippen LogP contribution < -0.4 is 14.8 Å². The van der Waals surface area contributed by atoms with Gasteiger partial charge in [-0.05, 0) is 43.0 Å². The molecule has 3 aromatic rings. The largest absolute Gasteiger partial charge is 0.493 e. The zero-order chi connectivity index (χ0) is 20.3. The molecule has 2 heterocycles. The summed E-state index contributed by atoms with van der Waals surface area (Å²) in [7, 11) is 3.21. The van der Waals surface area contributed by atoms with E-state index in [2.05, 4.69) is 15.5 Å². The fraction of sp³-hybridized carbons (Fsp3) is 0.381. The van der Waals surface area contributed by atoms with Crippen LogP contribution in [-0.2, 0) is 6.42 Å². The summed E-state index contributed by atoms with van der Waals surface area (Å²) in [6.07, 6.45) is 0.667. The fourth-order valence-electron chi connectivity index (χ4n) is 3.04. The number of nitrogens with one attached hydrogen (secondary N) is 1. The molecule has 0 aliphatic carbocycles. The minimum Gasteiger partial charge on any atom is -0.493 e. The summed E-state index contributed by atoms with van der Waals surface area (Å²) in [6, 6.07) is 7.55. The van der Waals surface area contributed by atoms with Crippen molar-refractivity contribution < 1.29 is 18.8 Å². The number of carbonyl (C=O) groups excluding carboxylic acids is 1. The predicted molar refractivity (Wildman–Crippen MR) is 106 cm³/mol. The first-order chi connectivity index (χ1) is 13.4. The van der Waals surface area contributed by atoms with Crippen LogP contribution in [0.25, 0.3) is 11.1 Å². The number of nitrogens with zero attached hydrogens (tertiary/aromatic N) is 2. The van der Waals surface area contributed by atoms with Crippen LogP contribution in [0, 0.1) is 6.92 Å².